The zero-order valence-corrected chi connectivity index (χ0v) is 11.3. The van der Waals surface area contributed by atoms with E-state index in [4.69, 9.17) is 22.1 Å². The second kappa shape index (κ2) is 3.93. The van der Waals surface area contributed by atoms with Crippen molar-refractivity contribution in [2.45, 2.75) is 30.7 Å². The van der Waals surface area contributed by atoms with Gasteiger partial charge in [0.2, 0.25) is 0 Å². The fourth-order valence-electron chi connectivity index (χ4n) is 3.71. The molecule has 0 aromatic heterocycles. The molecule has 4 rings (SSSR count). The van der Waals surface area contributed by atoms with Crippen molar-refractivity contribution in [3.05, 3.63) is 34.6 Å². The quantitative estimate of drug-likeness (QED) is 0.867. The molecule has 3 aliphatic carbocycles. The van der Waals surface area contributed by atoms with Crippen LogP contribution < -0.4 is 5.73 Å². The number of esters is 1. The smallest absolute Gasteiger partial charge is 0.323 e. The lowest BCUT2D eigenvalue weighted by Crippen LogP contribution is -2.72. The maximum atomic E-state index is 13.2. The molecule has 0 spiro atoms. The molecule has 5 heteroatoms. The molecule has 0 heterocycles. The Hall–Kier alpha value is -1.13. The maximum absolute atomic E-state index is 13.2. The molecule has 3 fully saturated rings. The van der Waals surface area contributed by atoms with Gasteiger partial charge in [0, 0.05) is 0 Å². The van der Waals surface area contributed by atoms with E-state index in [9.17, 15) is 9.18 Å². The predicted molar refractivity (Wildman–Crippen MR) is 69.4 cm³/mol. The lowest BCUT2D eigenvalue weighted by atomic mass is 9.31. The van der Waals surface area contributed by atoms with Crippen molar-refractivity contribution < 1.29 is 13.9 Å². The minimum Gasteiger partial charge on any atom is -0.468 e. The van der Waals surface area contributed by atoms with Crippen LogP contribution in [0.3, 0.4) is 0 Å². The van der Waals surface area contributed by atoms with Gasteiger partial charge in [0.15, 0.2) is 0 Å². The molecular weight excluding hydrogens is 269 g/mol. The average Bonchev–Trinajstić information content (AvgIpc) is 2.29. The summed E-state index contributed by atoms with van der Waals surface area (Å²) in [5.41, 5.74) is 6.87. The van der Waals surface area contributed by atoms with Gasteiger partial charge in [-0.2, -0.15) is 0 Å². The molecule has 1 aromatic rings. The third-order valence-corrected chi connectivity index (χ3v) is 5.01. The fraction of sp³-hybridized carbons (Fsp3) is 0.500. The van der Waals surface area contributed by atoms with Gasteiger partial charge in [-0.3, -0.25) is 4.79 Å². The van der Waals surface area contributed by atoms with E-state index in [0.29, 0.717) is 0 Å². The van der Waals surface area contributed by atoms with E-state index >= 15 is 0 Å². The molecule has 3 saturated carbocycles. The van der Waals surface area contributed by atoms with Gasteiger partial charge in [0.25, 0.3) is 0 Å². The Morgan fingerprint density at radius 3 is 2.63 bits per heavy atom. The van der Waals surface area contributed by atoms with Crippen molar-refractivity contribution in [3.63, 3.8) is 0 Å². The van der Waals surface area contributed by atoms with Crippen molar-refractivity contribution in [2.24, 2.45) is 11.1 Å². The Morgan fingerprint density at radius 1 is 1.47 bits per heavy atom. The number of ether oxygens (including phenoxy) is 1. The number of benzene rings is 1. The number of hydrogen-bond donors (Lipinski definition) is 1. The van der Waals surface area contributed by atoms with E-state index in [1.54, 1.807) is 12.1 Å². The Balaban J connectivity index is 1.76. The van der Waals surface area contributed by atoms with Crippen LogP contribution in [0.1, 0.15) is 24.8 Å². The minimum absolute atomic E-state index is 0.0307. The van der Waals surface area contributed by atoms with E-state index in [0.717, 1.165) is 24.8 Å². The highest BCUT2D eigenvalue weighted by atomic mass is 35.5. The first-order valence-corrected chi connectivity index (χ1v) is 6.59. The lowest BCUT2D eigenvalue weighted by Gasteiger charge is -2.72. The van der Waals surface area contributed by atoms with E-state index in [1.165, 1.54) is 13.2 Å². The molecule has 3 nitrogen and oxygen atoms in total. The van der Waals surface area contributed by atoms with Gasteiger partial charge < -0.3 is 10.5 Å². The fourth-order valence-corrected chi connectivity index (χ4v) is 3.89. The zero-order valence-electron chi connectivity index (χ0n) is 10.6. The van der Waals surface area contributed by atoms with E-state index in [2.05, 4.69) is 0 Å². The number of methoxy groups -OCH3 is 1. The standard InChI is InChI=1S/C14H15ClFNO2/c1-19-12(18)11(17)14-5-13(6-14,7-14)8-2-3-10(16)9(15)4-8/h2-4,11H,5-7,17H2,1H3. The van der Waals surface area contributed by atoms with E-state index in [1.807, 2.05) is 0 Å². The second-order valence-electron chi connectivity index (χ2n) is 5.80. The summed E-state index contributed by atoms with van der Waals surface area (Å²) < 4.78 is 17.9. The van der Waals surface area contributed by atoms with Crippen molar-refractivity contribution >= 4 is 17.6 Å². The largest absolute Gasteiger partial charge is 0.468 e. The van der Waals surface area contributed by atoms with E-state index < -0.39 is 11.9 Å². The zero-order chi connectivity index (χ0) is 13.8. The molecule has 2 bridgehead atoms. The van der Waals surface area contributed by atoms with Crippen LogP contribution in [0.15, 0.2) is 18.2 Å². The molecule has 0 saturated heterocycles. The Bertz CT molecular complexity index is 541. The van der Waals surface area contributed by atoms with E-state index in [-0.39, 0.29) is 21.8 Å². The number of carbonyl (C=O) groups is 1. The summed E-state index contributed by atoms with van der Waals surface area (Å²) in [6.45, 7) is 0. The monoisotopic (exact) mass is 283 g/mol. The van der Waals surface area contributed by atoms with Gasteiger partial charge in [-0.25, -0.2) is 4.39 Å². The first-order chi connectivity index (χ1) is 8.92. The highest BCUT2D eigenvalue weighted by molar-refractivity contribution is 6.30. The summed E-state index contributed by atoms with van der Waals surface area (Å²) in [4.78, 5) is 11.5. The van der Waals surface area contributed by atoms with Crippen molar-refractivity contribution in [1.29, 1.82) is 0 Å². The summed E-state index contributed by atoms with van der Waals surface area (Å²) in [5.74, 6) is -0.761. The van der Waals surface area contributed by atoms with Crippen LogP contribution in [-0.2, 0) is 14.9 Å². The molecule has 102 valence electrons. The number of carbonyl (C=O) groups excluding carboxylic acids is 1. The predicted octanol–water partition coefficient (Wildman–Crippen LogP) is 2.40. The first kappa shape index (κ1) is 12.9. The first-order valence-electron chi connectivity index (χ1n) is 6.21. The normalized spacial score (nSPS) is 33.1. The topological polar surface area (TPSA) is 52.3 Å². The summed E-state index contributed by atoms with van der Waals surface area (Å²) in [6.07, 6.45) is 2.54. The highest BCUT2D eigenvalue weighted by Crippen LogP contribution is 2.74. The van der Waals surface area contributed by atoms with Crippen LogP contribution in [-0.4, -0.2) is 19.1 Å². The number of nitrogens with two attached hydrogens (primary N) is 1. The summed E-state index contributed by atoms with van der Waals surface area (Å²) in [5, 5.41) is 0.147. The maximum Gasteiger partial charge on any atom is 0.323 e. The molecule has 0 aliphatic heterocycles. The van der Waals surface area contributed by atoms with Crippen LogP contribution >= 0.6 is 11.6 Å². The number of hydrogen-bond acceptors (Lipinski definition) is 3. The van der Waals surface area contributed by atoms with Gasteiger partial charge in [0.1, 0.15) is 11.9 Å². The molecular formula is C14H15ClFNO2. The third-order valence-electron chi connectivity index (χ3n) is 4.72. The number of rotatable bonds is 3. The average molecular weight is 284 g/mol. The van der Waals surface area contributed by atoms with Crippen LogP contribution in [0.5, 0.6) is 0 Å². The number of halogens is 2. The van der Waals surface area contributed by atoms with Gasteiger partial charge in [-0.1, -0.05) is 17.7 Å². The SMILES string of the molecule is COC(=O)C(N)C12CC(c3ccc(F)c(Cl)c3)(C1)C2. The third kappa shape index (κ3) is 1.63. The highest BCUT2D eigenvalue weighted by Gasteiger charge is 2.71. The van der Waals surface area contributed by atoms with Crippen LogP contribution in [0, 0.1) is 11.2 Å². The van der Waals surface area contributed by atoms with Crippen LogP contribution in [0.25, 0.3) is 0 Å². The molecule has 1 atom stereocenters. The molecule has 19 heavy (non-hydrogen) atoms. The van der Waals surface area contributed by atoms with Crippen LogP contribution in [0.4, 0.5) is 4.39 Å². The molecule has 0 amide bonds. The molecule has 2 N–H and O–H groups in total. The molecule has 1 aromatic carbocycles. The van der Waals surface area contributed by atoms with Crippen molar-refractivity contribution in [1.82, 2.24) is 0 Å². The molecule has 3 aliphatic rings. The summed E-state index contributed by atoms with van der Waals surface area (Å²) in [6, 6.07) is 4.29. The van der Waals surface area contributed by atoms with Gasteiger partial charge in [0.05, 0.1) is 12.1 Å². The van der Waals surface area contributed by atoms with Crippen molar-refractivity contribution in [2.75, 3.05) is 7.11 Å². The van der Waals surface area contributed by atoms with Crippen molar-refractivity contribution in [3.8, 4) is 0 Å². The Morgan fingerprint density at radius 2 is 2.11 bits per heavy atom. The molecule has 0 radical (unpaired) electrons. The Labute approximate surface area is 115 Å². The second-order valence-corrected chi connectivity index (χ2v) is 6.21. The molecule has 1 unspecified atom stereocenters. The minimum atomic E-state index is -0.560. The van der Waals surface area contributed by atoms with Gasteiger partial charge >= 0.3 is 5.97 Å². The van der Waals surface area contributed by atoms with Crippen LogP contribution in [0.2, 0.25) is 5.02 Å². The van der Waals surface area contributed by atoms with Gasteiger partial charge in [-0.15, -0.1) is 0 Å². The summed E-state index contributed by atoms with van der Waals surface area (Å²) in [7, 11) is 1.35. The Kier molecular flexibility index (Phi) is 2.67. The summed E-state index contributed by atoms with van der Waals surface area (Å²) >= 11 is 5.81. The lowest BCUT2D eigenvalue weighted by molar-refractivity contribution is -0.181. The van der Waals surface area contributed by atoms with Gasteiger partial charge in [-0.05, 0) is 47.8 Å².